The number of hydrogen-bond acceptors (Lipinski definition) is 5. The second-order valence-corrected chi connectivity index (χ2v) is 6.57. The Morgan fingerprint density at radius 2 is 1.86 bits per heavy atom. The largest absolute Gasteiger partial charge is 0.493 e. The molecule has 1 heterocycles. The number of benzene rings is 1. The van der Waals surface area contributed by atoms with Gasteiger partial charge in [-0.2, -0.15) is 0 Å². The van der Waals surface area contributed by atoms with Crippen LogP contribution < -0.4 is 9.47 Å². The summed E-state index contributed by atoms with van der Waals surface area (Å²) in [6, 6.07) is 8.08. The summed E-state index contributed by atoms with van der Waals surface area (Å²) in [7, 11) is 1.52. The quantitative estimate of drug-likeness (QED) is 0.237. The normalized spacial score (nSPS) is 11.3. The lowest BCUT2D eigenvalue weighted by molar-refractivity contribution is 0.215. The lowest BCUT2D eigenvalue weighted by Gasteiger charge is -2.14. The first kappa shape index (κ1) is 21.5. The molecule has 0 saturated heterocycles. The summed E-state index contributed by atoms with van der Waals surface area (Å²) < 4.78 is 11.7. The average molecular weight is 383 g/mol. The molecular weight excluding hydrogens is 352 g/mol. The number of ether oxygens (including phenoxy) is 2. The minimum atomic E-state index is 0.587. The second kappa shape index (κ2) is 11.8. The van der Waals surface area contributed by atoms with E-state index in [4.69, 9.17) is 9.47 Å². The van der Waals surface area contributed by atoms with Gasteiger partial charge < -0.3 is 14.3 Å². The maximum Gasteiger partial charge on any atom is 0.125 e. The van der Waals surface area contributed by atoms with Crippen molar-refractivity contribution < 1.29 is 14.3 Å². The highest BCUT2D eigenvalue weighted by Crippen LogP contribution is 2.28. The van der Waals surface area contributed by atoms with Gasteiger partial charge in [0.25, 0.3) is 0 Å². The zero-order valence-corrected chi connectivity index (χ0v) is 17.3. The van der Waals surface area contributed by atoms with E-state index in [-0.39, 0.29) is 0 Å². The standard InChI is InChI=1S/C23H30N2O3/c1-5-6-12-27-22-14-18(2)23(19(3)15-22)28-13-8-7-9-21-11-10-20(16-24-21)17-25-26-4/h5-6,10-11,14-17H,7-9,12-13H2,1-4H3/b6-5+,25-17+. The maximum atomic E-state index is 6.03. The van der Waals surface area contributed by atoms with Crippen LogP contribution in [0.2, 0.25) is 0 Å². The van der Waals surface area contributed by atoms with Crippen molar-refractivity contribution in [3.05, 3.63) is 65.0 Å². The van der Waals surface area contributed by atoms with Crippen LogP contribution in [0.15, 0.2) is 47.8 Å². The summed E-state index contributed by atoms with van der Waals surface area (Å²) >= 11 is 0. The first-order chi connectivity index (χ1) is 13.6. The Kier molecular flexibility index (Phi) is 9.05. The zero-order valence-electron chi connectivity index (χ0n) is 17.3. The lowest BCUT2D eigenvalue weighted by atomic mass is 10.1. The molecule has 0 spiro atoms. The first-order valence-corrected chi connectivity index (χ1v) is 9.63. The Bertz CT molecular complexity index is 760. The maximum absolute atomic E-state index is 6.03. The molecule has 0 atom stereocenters. The molecule has 1 aromatic heterocycles. The SMILES string of the molecule is C/C=C/COc1cc(C)c(OCCCCc2ccc(/C=N/OC)cn2)c(C)c1. The molecule has 2 rings (SSSR count). The molecule has 0 aliphatic heterocycles. The average Bonchev–Trinajstić information content (AvgIpc) is 2.69. The number of aromatic nitrogens is 1. The monoisotopic (exact) mass is 382 g/mol. The van der Waals surface area contributed by atoms with Crippen molar-refractivity contribution in [3.8, 4) is 11.5 Å². The van der Waals surface area contributed by atoms with Gasteiger partial charge in [-0.15, -0.1) is 0 Å². The van der Waals surface area contributed by atoms with Crippen LogP contribution in [0, 0.1) is 13.8 Å². The van der Waals surface area contributed by atoms with Gasteiger partial charge in [0.05, 0.1) is 12.8 Å². The van der Waals surface area contributed by atoms with E-state index in [1.165, 1.54) is 7.11 Å². The van der Waals surface area contributed by atoms with Crippen LogP contribution in [0.4, 0.5) is 0 Å². The molecule has 2 aromatic rings. The first-order valence-electron chi connectivity index (χ1n) is 9.63. The van der Waals surface area contributed by atoms with Crippen molar-refractivity contribution in [1.82, 2.24) is 4.98 Å². The number of rotatable bonds is 11. The highest BCUT2D eigenvalue weighted by atomic mass is 16.6. The minimum Gasteiger partial charge on any atom is -0.493 e. The van der Waals surface area contributed by atoms with Crippen LogP contribution in [0.25, 0.3) is 0 Å². The Labute approximate surface area is 168 Å². The number of nitrogens with zero attached hydrogens (tertiary/aromatic N) is 2. The van der Waals surface area contributed by atoms with E-state index in [0.717, 1.165) is 53.1 Å². The van der Waals surface area contributed by atoms with E-state index in [9.17, 15) is 0 Å². The molecular formula is C23H30N2O3. The van der Waals surface area contributed by atoms with E-state index in [1.54, 1.807) is 12.4 Å². The van der Waals surface area contributed by atoms with E-state index < -0.39 is 0 Å². The van der Waals surface area contributed by atoms with Gasteiger partial charge in [0.1, 0.15) is 25.2 Å². The molecule has 0 radical (unpaired) electrons. The fraction of sp³-hybridized carbons (Fsp3) is 0.391. The van der Waals surface area contributed by atoms with Crippen LogP contribution >= 0.6 is 0 Å². The second-order valence-electron chi connectivity index (χ2n) is 6.57. The summed E-state index contributed by atoms with van der Waals surface area (Å²) in [5.74, 6) is 1.84. The predicted molar refractivity (Wildman–Crippen MR) is 113 cm³/mol. The molecule has 0 aliphatic carbocycles. The third kappa shape index (κ3) is 7.06. The van der Waals surface area contributed by atoms with Gasteiger partial charge in [0.15, 0.2) is 0 Å². The van der Waals surface area contributed by atoms with E-state index in [1.807, 2.05) is 43.3 Å². The summed E-state index contributed by atoms with van der Waals surface area (Å²) in [4.78, 5) is 9.12. The molecule has 0 saturated carbocycles. The van der Waals surface area contributed by atoms with Crippen LogP contribution in [0.5, 0.6) is 11.5 Å². The third-order valence-electron chi connectivity index (χ3n) is 4.24. The molecule has 0 bridgehead atoms. The smallest absolute Gasteiger partial charge is 0.125 e. The van der Waals surface area contributed by atoms with Crippen molar-refractivity contribution in [1.29, 1.82) is 0 Å². The van der Waals surface area contributed by atoms with Crippen molar-refractivity contribution in [2.45, 2.75) is 40.0 Å². The highest BCUT2D eigenvalue weighted by Gasteiger charge is 2.07. The lowest BCUT2D eigenvalue weighted by Crippen LogP contribution is -2.03. The predicted octanol–water partition coefficient (Wildman–Crippen LogP) is 5.04. The molecule has 1 aromatic carbocycles. The Balaban J connectivity index is 1.76. The summed E-state index contributed by atoms with van der Waals surface area (Å²) in [5, 5.41) is 3.73. The van der Waals surface area contributed by atoms with Gasteiger partial charge >= 0.3 is 0 Å². The summed E-state index contributed by atoms with van der Waals surface area (Å²) in [6.07, 6.45) is 10.4. The number of aryl methyl sites for hydroxylation is 3. The number of pyridine rings is 1. The molecule has 0 N–H and O–H groups in total. The van der Waals surface area contributed by atoms with Gasteiger partial charge in [-0.1, -0.05) is 17.3 Å². The van der Waals surface area contributed by atoms with Crippen molar-refractivity contribution in [2.75, 3.05) is 20.3 Å². The Hall–Kier alpha value is -2.82. The number of hydrogen-bond donors (Lipinski definition) is 0. The van der Waals surface area contributed by atoms with Gasteiger partial charge in [0.2, 0.25) is 0 Å². The minimum absolute atomic E-state index is 0.587. The molecule has 0 unspecified atom stereocenters. The zero-order chi connectivity index (χ0) is 20.2. The van der Waals surface area contributed by atoms with E-state index >= 15 is 0 Å². The van der Waals surface area contributed by atoms with E-state index in [2.05, 4.69) is 28.8 Å². The van der Waals surface area contributed by atoms with Crippen LogP contribution in [0.3, 0.4) is 0 Å². The van der Waals surface area contributed by atoms with Gasteiger partial charge in [0, 0.05) is 17.5 Å². The molecule has 0 aliphatic rings. The highest BCUT2D eigenvalue weighted by molar-refractivity contribution is 5.78. The van der Waals surface area contributed by atoms with Crippen LogP contribution in [-0.2, 0) is 11.3 Å². The molecule has 5 nitrogen and oxygen atoms in total. The fourth-order valence-corrected chi connectivity index (χ4v) is 2.82. The fourth-order valence-electron chi connectivity index (χ4n) is 2.82. The van der Waals surface area contributed by atoms with Crippen LogP contribution in [0.1, 0.15) is 42.1 Å². The molecule has 0 fully saturated rings. The van der Waals surface area contributed by atoms with Gasteiger partial charge in [-0.25, -0.2) is 0 Å². The number of oxime groups is 1. The van der Waals surface area contributed by atoms with Crippen LogP contribution in [-0.4, -0.2) is 31.5 Å². The third-order valence-corrected chi connectivity index (χ3v) is 4.24. The molecule has 28 heavy (non-hydrogen) atoms. The van der Waals surface area contributed by atoms with Crippen molar-refractivity contribution in [3.63, 3.8) is 0 Å². The molecule has 5 heteroatoms. The van der Waals surface area contributed by atoms with Crippen molar-refractivity contribution in [2.24, 2.45) is 5.16 Å². The molecule has 0 amide bonds. The Morgan fingerprint density at radius 1 is 1.07 bits per heavy atom. The van der Waals surface area contributed by atoms with E-state index in [0.29, 0.717) is 13.2 Å². The number of unbranched alkanes of at least 4 members (excludes halogenated alkanes) is 1. The van der Waals surface area contributed by atoms with Gasteiger partial charge in [-0.05, 0) is 75.4 Å². The summed E-state index contributed by atoms with van der Waals surface area (Å²) in [6.45, 7) is 7.38. The topological polar surface area (TPSA) is 52.9 Å². The van der Waals surface area contributed by atoms with Gasteiger partial charge in [-0.3, -0.25) is 4.98 Å². The Morgan fingerprint density at radius 3 is 2.50 bits per heavy atom. The number of allylic oxidation sites excluding steroid dienone is 1. The summed E-state index contributed by atoms with van der Waals surface area (Å²) in [5.41, 5.74) is 4.21. The van der Waals surface area contributed by atoms with Crippen molar-refractivity contribution >= 4 is 6.21 Å². The molecule has 150 valence electrons.